The summed E-state index contributed by atoms with van der Waals surface area (Å²) in [7, 11) is -3.64. The van der Waals surface area contributed by atoms with Crippen molar-refractivity contribution in [1.82, 2.24) is 4.72 Å². The average Bonchev–Trinajstić information content (AvgIpc) is 2.48. The highest BCUT2D eigenvalue weighted by molar-refractivity contribution is 7.98. The zero-order valence-corrected chi connectivity index (χ0v) is 16.0. The lowest BCUT2D eigenvalue weighted by molar-refractivity contribution is 0.582. The predicted molar refractivity (Wildman–Crippen MR) is 98.9 cm³/mol. The van der Waals surface area contributed by atoms with Crippen LogP contribution in [-0.2, 0) is 15.8 Å². The maximum absolute atomic E-state index is 13.1. The molecule has 2 aromatic rings. The van der Waals surface area contributed by atoms with E-state index in [1.807, 2.05) is 6.07 Å². The van der Waals surface area contributed by atoms with Crippen molar-refractivity contribution in [1.29, 1.82) is 0 Å². The Bertz CT molecular complexity index is 829. The van der Waals surface area contributed by atoms with Gasteiger partial charge in [0.1, 0.15) is 5.82 Å². The normalized spacial score (nSPS) is 11.7. The van der Waals surface area contributed by atoms with Crippen LogP contribution in [0.5, 0.6) is 0 Å². The molecule has 0 aromatic heterocycles. The zero-order chi connectivity index (χ0) is 17.7. The molecule has 1 N–H and O–H groups in total. The van der Waals surface area contributed by atoms with Crippen LogP contribution in [0.15, 0.2) is 41.3 Å². The lowest BCUT2D eigenvalue weighted by Crippen LogP contribution is -2.26. The third-order valence-electron chi connectivity index (χ3n) is 3.24. The molecular formula is C16H16Cl2FNO2S2. The van der Waals surface area contributed by atoms with Crippen molar-refractivity contribution >= 4 is 45.0 Å². The second-order valence-electron chi connectivity index (χ2n) is 5.10. The highest BCUT2D eigenvalue weighted by atomic mass is 35.5. The van der Waals surface area contributed by atoms with Gasteiger partial charge in [0.2, 0.25) is 10.0 Å². The third-order valence-corrected chi connectivity index (χ3v) is 6.45. The van der Waals surface area contributed by atoms with Crippen LogP contribution in [0.2, 0.25) is 10.0 Å². The summed E-state index contributed by atoms with van der Waals surface area (Å²) in [6.45, 7) is 1.84. The van der Waals surface area contributed by atoms with Crippen molar-refractivity contribution in [2.45, 2.75) is 17.6 Å². The van der Waals surface area contributed by atoms with E-state index >= 15 is 0 Å². The minimum absolute atomic E-state index is 0.0923. The van der Waals surface area contributed by atoms with Gasteiger partial charge in [0.15, 0.2) is 0 Å². The van der Waals surface area contributed by atoms with Gasteiger partial charge in [-0.15, -0.1) is 0 Å². The van der Waals surface area contributed by atoms with Gasteiger partial charge in [0.05, 0.1) is 4.90 Å². The van der Waals surface area contributed by atoms with Crippen LogP contribution >= 0.6 is 35.0 Å². The van der Waals surface area contributed by atoms with Gasteiger partial charge < -0.3 is 0 Å². The minimum atomic E-state index is -3.64. The highest BCUT2D eigenvalue weighted by Gasteiger charge is 2.16. The minimum Gasteiger partial charge on any atom is -0.210 e. The van der Waals surface area contributed by atoms with Crippen LogP contribution in [0.25, 0.3) is 0 Å². The number of hydrogen-bond donors (Lipinski definition) is 1. The van der Waals surface area contributed by atoms with E-state index in [9.17, 15) is 12.8 Å². The fraction of sp³-hybridized carbons (Fsp3) is 0.250. The number of aryl methyl sites for hydroxylation is 1. The first-order chi connectivity index (χ1) is 11.3. The van der Waals surface area contributed by atoms with Gasteiger partial charge in [-0.25, -0.2) is 17.5 Å². The van der Waals surface area contributed by atoms with Crippen LogP contribution in [0, 0.1) is 12.7 Å². The molecule has 0 heterocycles. The van der Waals surface area contributed by atoms with E-state index < -0.39 is 15.8 Å². The maximum atomic E-state index is 13.1. The van der Waals surface area contributed by atoms with E-state index in [4.69, 9.17) is 23.2 Å². The zero-order valence-electron chi connectivity index (χ0n) is 12.9. The molecule has 130 valence electrons. The Morgan fingerprint density at radius 2 is 1.92 bits per heavy atom. The van der Waals surface area contributed by atoms with Crippen LogP contribution in [0.3, 0.4) is 0 Å². The van der Waals surface area contributed by atoms with Gasteiger partial charge in [-0.1, -0.05) is 29.3 Å². The molecule has 0 radical (unpaired) electrons. The Kier molecular flexibility index (Phi) is 6.95. The summed E-state index contributed by atoms with van der Waals surface area (Å²) in [5.74, 6) is 0.785. The third kappa shape index (κ3) is 5.36. The fourth-order valence-electron chi connectivity index (χ4n) is 2.06. The molecule has 0 saturated heterocycles. The standard InChI is InChI=1S/C16H16Cl2FNO2S2/c1-11-8-14(19)4-5-16(11)24(21,22)20-6-7-23-10-12-2-3-13(17)9-15(12)18/h2-5,8-9,20H,6-7,10H2,1H3. The second kappa shape index (κ2) is 8.54. The molecule has 8 heteroatoms. The Balaban J connectivity index is 1.85. The first-order valence-electron chi connectivity index (χ1n) is 7.07. The smallest absolute Gasteiger partial charge is 0.210 e. The second-order valence-corrected chi connectivity index (χ2v) is 8.78. The summed E-state index contributed by atoms with van der Waals surface area (Å²) in [4.78, 5) is 0.0923. The van der Waals surface area contributed by atoms with E-state index in [0.717, 1.165) is 11.6 Å². The fourth-order valence-corrected chi connectivity index (χ4v) is 4.86. The molecule has 0 aliphatic carbocycles. The van der Waals surface area contributed by atoms with Crippen LogP contribution in [0.1, 0.15) is 11.1 Å². The van der Waals surface area contributed by atoms with Gasteiger partial charge in [-0.05, 0) is 48.4 Å². The van der Waals surface area contributed by atoms with Crippen molar-refractivity contribution in [2.24, 2.45) is 0 Å². The Morgan fingerprint density at radius 3 is 2.58 bits per heavy atom. The largest absolute Gasteiger partial charge is 0.240 e. The molecule has 0 unspecified atom stereocenters. The van der Waals surface area contributed by atoms with E-state index in [0.29, 0.717) is 27.1 Å². The van der Waals surface area contributed by atoms with Gasteiger partial charge >= 0.3 is 0 Å². The molecule has 0 atom stereocenters. The number of halogens is 3. The van der Waals surface area contributed by atoms with Crippen molar-refractivity contribution in [3.63, 3.8) is 0 Å². The Hall–Kier alpha value is -0.790. The number of benzene rings is 2. The summed E-state index contributed by atoms with van der Waals surface area (Å²) in [5.41, 5.74) is 1.33. The number of sulfonamides is 1. The molecule has 2 aromatic carbocycles. The monoisotopic (exact) mass is 407 g/mol. The average molecular weight is 408 g/mol. The molecule has 0 amide bonds. The Morgan fingerprint density at radius 1 is 1.17 bits per heavy atom. The highest BCUT2D eigenvalue weighted by Crippen LogP contribution is 2.24. The first kappa shape index (κ1) is 19.5. The number of nitrogens with one attached hydrogen (secondary N) is 1. The summed E-state index contributed by atoms with van der Waals surface area (Å²) in [5, 5.41) is 1.17. The lowest BCUT2D eigenvalue weighted by atomic mass is 10.2. The Labute approximate surface area is 155 Å². The van der Waals surface area contributed by atoms with Crippen molar-refractivity contribution in [3.8, 4) is 0 Å². The van der Waals surface area contributed by atoms with Crippen LogP contribution < -0.4 is 4.72 Å². The van der Waals surface area contributed by atoms with Crippen LogP contribution in [0.4, 0.5) is 4.39 Å². The summed E-state index contributed by atoms with van der Waals surface area (Å²) >= 11 is 13.5. The molecule has 0 aliphatic rings. The quantitative estimate of drug-likeness (QED) is 0.679. The number of rotatable bonds is 7. The molecular weight excluding hydrogens is 392 g/mol. The topological polar surface area (TPSA) is 46.2 Å². The molecule has 0 aliphatic heterocycles. The van der Waals surface area contributed by atoms with Crippen molar-refractivity contribution in [3.05, 3.63) is 63.4 Å². The van der Waals surface area contributed by atoms with E-state index in [1.54, 1.807) is 30.8 Å². The number of hydrogen-bond acceptors (Lipinski definition) is 3. The predicted octanol–water partition coefficient (Wildman–Crippen LogP) is 4.65. The van der Waals surface area contributed by atoms with Crippen molar-refractivity contribution < 1.29 is 12.8 Å². The van der Waals surface area contributed by atoms with E-state index in [2.05, 4.69) is 4.72 Å². The van der Waals surface area contributed by atoms with Gasteiger partial charge in [0.25, 0.3) is 0 Å². The molecule has 0 fully saturated rings. The summed E-state index contributed by atoms with van der Waals surface area (Å²) in [6.07, 6.45) is 0. The number of thioether (sulfide) groups is 1. The molecule has 2 rings (SSSR count). The first-order valence-corrected chi connectivity index (χ1v) is 10.5. The molecule has 0 spiro atoms. The van der Waals surface area contributed by atoms with Crippen molar-refractivity contribution in [2.75, 3.05) is 12.3 Å². The van der Waals surface area contributed by atoms with E-state index in [-0.39, 0.29) is 11.4 Å². The van der Waals surface area contributed by atoms with E-state index in [1.165, 1.54) is 12.1 Å². The molecule has 0 saturated carbocycles. The summed E-state index contributed by atoms with van der Waals surface area (Å²) < 4.78 is 40.0. The van der Waals surface area contributed by atoms with Gasteiger partial charge in [0, 0.05) is 28.1 Å². The lowest BCUT2D eigenvalue weighted by Gasteiger charge is -2.09. The molecule has 3 nitrogen and oxygen atoms in total. The van der Waals surface area contributed by atoms with Gasteiger partial charge in [-0.2, -0.15) is 11.8 Å². The molecule has 0 bridgehead atoms. The maximum Gasteiger partial charge on any atom is 0.240 e. The molecule has 24 heavy (non-hydrogen) atoms. The SMILES string of the molecule is Cc1cc(F)ccc1S(=O)(=O)NCCSCc1ccc(Cl)cc1Cl. The van der Waals surface area contributed by atoms with Crippen LogP contribution in [-0.4, -0.2) is 20.7 Å². The summed E-state index contributed by atoms with van der Waals surface area (Å²) in [6, 6.07) is 8.91. The van der Waals surface area contributed by atoms with Gasteiger partial charge in [-0.3, -0.25) is 0 Å².